The van der Waals surface area contributed by atoms with Gasteiger partial charge in [-0.1, -0.05) is 31.9 Å². The number of hydrogen-bond acceptors (Lipinski definition) is 4. The molecule has 0 aliphatic carbocycles. The standard InChI is InChI=1S/C14H20N2O5S/c1-3-4-8-12(14(18)19)15-13(17)10-7-5-6-9-11(10)16-22(2,20)21/h5-7,9,12,16H,3-4,8H2,1-2H3,(H,15,17)(H,18,19). The lowest BCUT2D eigenvalue weighted by Crippen LogP contribution is -2.41. The van der Waals surface area contributed by atoms with Crippen LogP contribution in [0.5, 0.6) is 0 Å². The summed E-state index contributed by atoms with van der Waals surface area (Å²) in [5.74, 6) is -1.74. The van der Waals surface area contributed by atoms with E-state index in [0.717, 1.165) is 12.7 Å². The number of carbonyl (C=O) groups is 2. The van der Waals surface area contributed by atoms with E-state index in [1.54, 1.807) is 12.1 Å². The first kappa shape index (κ1) is 18.0. The molecule has 122 valence electrons. The molecule has 22 heavy (non-hydrogen) atoms. The smallest absolute Gasteiger partial charge is 0.326 e. The first-order valence-corrected chi connectivity index (χ1v) is 8.74. The lowest BCUT2D eigenvalue weighted by molar-refractivity contribution is -0.139. The first-order valence-electron chi connectivity index (χ1n) is 6.85. The van der Waals surface area contributed by atoms with Gasteiger partial charge in [0.1, 0.15) is 6.04 Å². The zero-order chi connectivity index (χ0) is 16.8. The third-order valence-corrected chi connectivity index (χ3v) is 3.51. The van der Waals surface area contributed by atoms with E-state index in [4.69, 9.17) is 5.11 Å². The fourth-order valence-electron chi connectivity index (χ4n) is 1.87. The number of carbonyl (C=O) groups excluding carboxylic acids is 1. The molecule has 0 heterocycles. The van der Waals surface area contributed by atoms with Gasteiger partial charge in [-0.15, -0.1) is 0 Å². The average Bonchev–Trinajstić information content (AvgIpc) is 2.41. The Morgan fingerprint density at radius 2 is 1.91 bits per heavy atom. The molecule has 0 bridgehead atoms. The quantitative estimate of drug-likeness (QED) is 0.668. The molecule has 0 saturated heterocycles. The van der Waals surface area contributed by atoms with Crippen LogP contribution in [0.2, 0.25) is 0 Å². The maximum Gasteiger partial charge on any atom is 0.326 e. The highest BCUT2D eigenvalue weighted by molar-refractivity contribution is 7.92. The largest absolute Gasteiger partial charge is 0.480 e. The van der Waals surface area contributed by atoms with Crippen molar-refractivity contribution in [2.75, 3.05) is 11.0 Å². The van der Waals surface area contributed by atoms with Crippen molar-refractivity contribution in [3.63, 3.8) is 0 Å². The predicted octanol–water partition coefficient (Wildman–Crippen LogP) is 1.43. The number of carboxylic acid groups (broad SMARTS) is 1. The van der Waals surface area contributed by atoms with E-state index in [1.165, 1.54) is 12.1 Å². The van der Waals surface area contributed by atoms with Crippen molar-refractivity contribution in [3.05, 3.63) is 29.8 Å². The molecule has 0 radical (unpaired) electrons. The van der Waals surface area contributed by atoms with Gasteiger partial charge in [-0.25, -0.2) is 13.2 Å². The Labute approximate surface area is 129 Å². The summed E-state index contributed by atoms with van der Waals surface area (Å²) < 4.78 is 24.9. The van der Waals surface area contributed by atoms with Gasteiger partial charge in [0.2, 0.25) is 10.0 Å². The van der Waals surface area contributed by atoms with Gasteiger partial charge in [-0.3, -0.25) is 9.52 Å². The number of nitrogens with one attached hydrogen (secondary N) is 2. The highest BCUT2D eigenvalue weighted by Gasteiger charge is 2.22. The lowest BCUT2D eigenvalue weighted by atomic mass is 10.1. The number of benzene rings is 1. The molecule has 3 N–H and O–H groups in total. The van der Waals surface area contributed by atoms with Crippen molar-refractivity contribution in [1.82, 2.24) is 5.32 Å². The third-order valence-electron chi connectivity index (χ3n) is 2.92. The van der Waals surface area contributed by atoms with Crippen molar-refractivity contribution in [2.24, 2.45) is 0 Å². The van der Waals surface area contributed by atoms with Crippen LogP contribution in [-0.2, 0) is 14.8 Å². The minimum atomic E-state index is -3.54. The monoisotopic (exact) mass is 328 g/mol. The molecule has 1 aromatic carbocycles. The summed E-state index contributed by atoms with van der Waals surface area (Å²) in [4.78, 5) is 23.4. The van der Waals surface area contributed by atoms with Crippen LogP contribution in [-0.4, -0.2) is 37.7 Å². The Morgan fingerprint density at radius 3 is 2.45 bits per heavy atom. The van der Waals surface area contributed by atoms with E-state index in [2.05, 4.69) is 10.0 Å². The Balaban J connectivity index is 2.95. The Hall–Kier alpha value is -2.09. The third kappa shape index (κ3) is 5.72. The van der Waals surface area contributed by atoms with Crippen molar-refractivity contribution in [3.8, 4) is 0 Å². The molecule has 1 unspecified atom stereocenters. The molecule has 0 aliphatic rings. The molecule has 1 amide bonds. The van der Waals surface area contributed by atoms with E-state index < -0.39 is 27.9 Å². The zero-order valence-corrected chi connectivity index (χ0v) is 13.3. The van der Waals surface area contributed by atoms with Crippen LogP contribution in [0.25, 0.3) is 0 Å². The second kappa shape index (κ2) is 7.79. The van der Waals surface area contributed by atoms with Crippen molar-refractivity contribution < 1.29 is 23.1 Å². The number of sulfonamides is 1. The number of para-hydroxylation sites is 1. The molecule has 1 aromatic rings. The van der Waals surface area contributed by atoms with Gasteiger partial charge in [0.25, 0.3) is 5.91 Å². The molecular weight excluding hydrogens is 308 g/mol. The van der Waals surface area contributed by atoms with Gasteiger partial charge in [-0.05, 0) is 18.6 Å². The summed E-state index contributed by atoms with van der Waals surface area (Å²) in [6.45, 7) is 1.92. The number of carboxylic acids is 1. The minimum Gasteiger partial charge on any atom is -0.480 e. The normalized spacial score (nSPS) is 12.5. The van der Waals surface area contributed by atoms with E-state index in [0.29, 0.717) is 12.8 Å². The summed E-state index contributed by atoms with van der Waals surface area (Å²) in [7, 11) is -3.54. The first-order chi connectivity index (χ1) is 10.2. The van der Waals surface area contributed by atoms with Crippen molar-refractivity contribution in [2.45, 2.75) is 32.2 Å². The van der Waals surface area contributed by atoms with Gasteiger partial charge in [0, 0.05) is 0 Å². The van der Waals surface area contributed by atoms with Gasteiger partial charge in [0.05, 0.1) is 17.5 Å². The fourth-order valence-corrected chi connectivity index (χ4v) is 2.45. The second-order valence-electron chi connectivity index (χ2n) is 4.93. The van der Waals surface area contributed by atoms with Crippen LogP contribution in [0, 0.1) is 0 Å². The number of hydrogen-bond donors (Lipinski definition) is 3. The predicted molar refractivity (Wildman–Crippen MR) is 83.3 cm³/mol. The maximum absolute atomic E-state index is 12.2. The fraction of sp³-hybridized carbons (Fsp3) is 0.429. The van der Waals surface area contributed by atoms with E-state index in [1.807, 2.05) is 6.92 Å². The molecule has 1 atom stereocenters. The average molecular weight is 328 g/mol. The molecule has 8 heteroatoms. The summed E-state index contributed by atoms with van der Waals surface area (Å²) in [6.07, 6.45) is 2.77. The second-order valence-corrected chi connectivity index (χ2v) is 6.67. The van der Waals surface area contributed by atoms with Crippen LogP contribution in [0.1, 0.15) is 36.5 Å². The van der Waals surface area contributed by atoms with Gasteiger partial charge >= 0.3 is 5.97 Å². The summed E-state index contributed by atoms with van der Waals surface area (Å²) in [6, 6.07) is 5.03. The van der Waals surface area contributed by atoms with E-state index >= 15 is 0 Å². The van der Waals surface area contributed by atoms with Crippen LogP contribution in [0.15, 0.2) is 24.3 Å². The number of aliphatic carboxylic acids is 1. The highest BCUT2D eigenvalue weighted by atomic mass is 32.2. The maximum atomic E-state index is 12.2. The molecule has 0 aliphatic heterocycles. The Morgan fingerprint density at radius 1 is 1.27 bits per heavy atom. The van der Waals surface area contributed by atoms with Crippen LogP contribution >= 0.6 is 0 Å². The lowest BCUT2D eigenvalue weighted by Gasteiger charge is -2.16. The van der Waals surface area contributed by atoms with Crippen LogP contribution in [0.4, 0.5) is 5.69 Å². The van der Waals surface area contributed by atoms with Gasteiger partial charge in [0.15, 0.2) is 0 Å². The molecule has 0 saturated carbocycles. The molecule has 0 aromatic heterocycles. The Kier molecular flexibility index (Phi) is 6.36. The minimum absolute atomic E-state index is 0.0793. The molecule has 1 rings (SSSR count). The highest BCUT2D eigenvalue weighted by Crippen LogP contribution is 2.16. The van der Waals surface area contributed by atoms with E-state index in [-0.39, 0.29) is 11.3 Å². The number of rotatable bonds is 8. The topological polar surface area (TPSA) is 113 Å². The van der Waals surface area contributed by atoms with E-state index in [9.17, 15) is 18.0 Å². The Bertz CT molecular complexity index is 642. The SMILES string of the molecule is CCCCC(NC(=O)c1ccccc1NS(C)(=O)=O)C(=O)O. The molecule has 7 nitrogen and oxygen atoms in total. The number of unbranched alkanes of at least 4 members (excludes halogenated alkanes) is 1. The zero-order valence-electron chi connectivity index (χ0n) is 12.5. The molecule has 0 fully saturated rings. The summed E-state index contributed by atoms with van der Waals surface area (Å²) >= 11 is 0. The molecule has 0 spiro atoms. The van der Waals surface area contributed by atoms with Crippen LogP contribution < -0.4 is 10.0 Å². The summed E-state index contributed by atoms with van der Waals surface area (Å²) in [5, 5.41) is 11.5. The molecular formula is C14H20N2O5S. The number of amides is 1. The van der Waals surface area contributed by atoms with Gasteiger partial charge in [-0.2, -0.15) is 0 Å². The number of anilines is 1. The van der Waals surface area contributed by atoms with Crippen LogP contribution in [0.3, 0.4) is 0 Å². The van der Waals surface area contributed by atoms with Gasteiger partial charge < -0.3 is 10.4 Å². The van der Waals surface area contributed by atoms with Crippen molar-refractivity contribution >= 4 is 27.6 Å². The summed E-state index contributed by atoms with van der Waals surface area (Å²) in [5.41, 5.74) is 0.192. The van der Waals surface area contributed by atoms with Crippen molar-refractivity contribution in [1.29, 1.82) is 0 Å².